The van der Waals surface area contributed by atoms with Gasteiger partial charge in [-0.1, -0.05) is 36.4 Å². The first-order valence-electron chi connectivity index (χ1n) is 9.38. The van der Waals surface area contributed by atoms with Crippen molar-refractivity contribution in [2.24, 2.45) is 0 Å². The van der Waals surface area contributed by atoms with Gasteiger partial charge >= 0.3 is 0 Å². The van der Waals surface area contributed by atoms with Crippen LogP contribution in [0.15, 0.2) is 71.6 Å². The van der Waals surface area contributed by atoms with Gasteiger partial charge in [0, 0.05) is 12.8 Å². The fourth-order valence-electron chi connectivity index (χ4n) is 3.07. The normalized spacial score (nSPS) is 11.2. The van der Waals surface area contributed by atoms with E-state index >= 15 is 0 Å². The summed E-state index contributed by atoms with van der Waals surface area (Å²) in [5.41, 5.74) is 3.42. The summed E-state index contributed by atoms with van der Waals surface area (Å²) in [7, 11) is -2.26. The summed E-state index contributed by atoms with van der Waals surface area (Å²) in [6.45, 7) is 3.99. The van der Waals surface area contributed by atoms with E-state index in [0.29, 0.717) is 17.9 Å². The molecule has 3 aromatic carbocycles. The quantitative estimate of drug-likeness (QED) is 0.585. The van der Waals surface area contributed by atoms with Crippen LogP contribution in [0, 0.1) is 13.8 Å². The Kier molecular flexibility index (Phi) is 6.54. The average Bonchev–Trinajstić information content (AvgIpc) is 2.70. The molecular formula is C23H24N2O4S. The highest BCUT2D eigenvalue weighted by Crippen LogP contribution is 2.24. The van der Waals surface area contributed by atoms with Crippen LogP contribution < -0.4 is 10.0 Å². The Morgan fingerprint density at radius 2 is 1.73 bits per heavy atom. The lowest BCUT2D eigenvalue weighted by Gasteiger charge is -2.14. The molecule has 2 N–H and O–H groups in total. The molecule has 0 radical (unpaired) electrons. The van der Waals surface area contributed by atoms with E-state index in [0.717, 1.165) is 11.1 Å². The summed E-state index contributed by atoms with van der Waals surface area (Å²) in [5, 5.41) is 2.81. The fraction of sp³-hybridized carbons (Fsp3) is 0.174. The number of sulfonamides is 1. The number of methoxy groups -OCH3 is 1. The molecule has 0 spiro atoms. The Bertz CT molecular complexity index is 1170. The van der Waals surface area contributed by atoms with Gasteiger partial charge in [-0.15, -0.1) is 0 Å². The van der Waals surface area contributed by atoms with Gasteiger partial charge < -0.3 is 10.1 Å². The first kappa shape index (κ1) is 21.5. The number of amides is 1. The largest absolute Gasteiger partial charge is 0.380 e. The van der Waals surface area contributed by atoms with Crippen molar-refractivity contribution in [3.05, 3.63) is 89.0 Å². The highest BCUT2D eigenvalue weighted by Gasteiger charge is 2.20. The molecule has 0 aliphatic rings. The predicted octanol–water partition coefficient (Wildman–Crippen LogP) is 4.50. The zero-order valence-corrected chi connectivity index (χ0v) is 17.9. The molecule has 0 bridgehead atoms. The molecule has 0 atom stereocenters. The molecule has 0 aliphatic carbocycles. The van der Waals surface area contributed by atoms with E-state index in [1.807, 2.05) is 31.2 Å². The van der Waals surface area contributed by atoms with E-state index in [-0.39, 0.29) is 16.1 Å². The lowest BCUT2D eigenvalue weighted by molar-refractivity contribution is 0.102. The first-order chi connectivity index (χ1) is 14.3. The maximum absolute atomic E-state index is 13.0. The lowest BCUT2D eigenvalue weighted by atomic mass is 10.1. The van der Waals surface area contributed by atoms with E-state index in [1.54, 1.807) is 56.5 Å². The smallest absolute Gasteiger partial charge is 0.262 e. The van der Waals surface area contributed by atoms with Crippen molar-refractivity contribution in [2.45, 2.75) is 25.3 Å². The number of ether oxygens (including phenoxy) is 1. The van der Waals surface area contributed by atoms with Crippen LogP contribution in [0.25, 0.3) is 0 Å². The maximum atomic E-state index is 13.0. The molecule has 0 aromatic heterocycles. The van der Waals surface area contributed by atoms with Crippen molar-refractivity contribution >= 4 is 27.3 Å². The fourth-order valence-corrected chi connectivity index (χ4v) is 4.48. The molecule has 156 valence electrons. The summed E-state index contributed by atoms with van der Waals surface area (Å²) in [6, 6.07) is 19.0. The van der Waals surface area contributed by atoms with Crippen molar-refractivity contribution in [3.8, 4) is 0 Å². The van der Waals surface area contributed by atoms with Gasteiger partial charge in [-0.3, -0.25) is 9.52 Å². The van der Waals surface area contributed by atoms with Gasteiger partial charge in [-0.25, -0.2) is 8.42 Å². The number of carbonyl (C=O) groups excluding carboxylic acids is 1. The topological polar surface area (TPSA) is 84.5 Å². The number of hydrogen-bond donors (Lipinski definition) is 2. The summed E-state index contributed by atoms with van der Waals surface area (Å²) < 4.78 is 33.6. The van der Waals surface area contributed by atoms with Crippen LogP contribution in [0.3, 0.4) is 0 Å². The molecular weight excluding hydrogens is 400 g/mol. The van der Waals surface area contributed by atoms with Gasteiger partial charge in [-0.05, 0) is 60.9 Å². The van der Waals surface area contributed by atoms with Gasteiger partial charge in [-0.2, -0.15) is 0 Å². The van der Waals surface area contributed by atoms with E-state index in [2.05, 4.69) is 10.0 Å². The molecule has 0 fully saturated rings. The number of benzene rings is 3. The van der Waals surface area contributed by atoms with E-state index < -0.39 is 15.9 Å². The average molecular weight is 425 g/mol. The van der Waals surface area contributed by atoms with E-state index in [9.17, 15) is 13.2 Å². The van der Waals surface area contributed by atoms with Gasteiger partial charge in [0.15, 0.2) is 0 Å². The summed E-state index contributed by atoms with van der Waals surface area (Å²) in [4.78, 5) is 13.1. The minimum Gasteiger partial charge on any atom is -0.380 e. The zero-order valence-electron chi connectivity index (χ0n) is 17.1. The van der Waals surface area contributed by atoms with Crippen LogP contribution in [0.5, 0.6) is 0 Å². The van der Waals surface area contributed by atoms with Gasteiger partial charge in [0.2, 0.25) is 0 Å². The Morgan fingerprint density at radius 1 is 0.967 bits per heavy atom. The maximum Gasteiger partial charge on any atom is 0.262 e. The van der Waals surface area contributed by atoms with E-state index in [4.69, 9.17) is 4.74 Å². The summed E-state index contributed by atoms with van der Waals surface area (Å²) >= 11 is 0. The second-order valence-electron chi connectivity index (χ2n) is 7.01. The van der Waals surface area contributed by atoms with Gasteiger partial charge in [0.1, 0.15) is 0 Å². The third kappa shape index (κ3) is 5.06. The van der Waals surface area contributed by atoms with Gasteiger partial charge in [0.25, 0.3) is 15.9 Å². The molecule has 0 heterocycles. The Morgan fingerprint density at radius 3 is 2.50 bits per heavy atom. The molecule has 0 unspecified atom stereocenters. The van der Waals surface area contributed by atoms with Crippen molar-refractivity contribution in [3.63, 3.8) is 0 Å². The minimum atomic E-state index is -3.86. The van der Waals surface area contributed by atoms with Gasteiger partial charge in [0.05, 0.1) is 22.8 Å². The molecule has 6 nitrogen and oxygen atoms in total. The third-order valence-electron chi connectivity index (χ3n) is 4.55. The number of carbonyl (C=O) groups is 1. The molecule has 7 heteroatoms. The van der Waals surface area contributed by atoms with Crippen molar-refractivity contribution in [1.29, 1.82) is 0 Å². The highest BCUT2D eigenvalue weighted by atomic mass is 32.2. The third-order valence-corrected chi connectivity index (χ3v) is 6.05. The van der Waals surface area contributed by atoms with Crippen molar-refractivity contribution in [2.75, 3.05) is 17.1 Å². The highest BCUT2D eigenvalue weighted by molar-refractivity contribution is 7.92. The molecule has 3 rings (SSSR count). The SMILES string of the molecule is COCc1cccc(NC(=O)c2ccccc2NS(=O)(=O)c2cc(C)ccc2C)c1. The summed E-state index contributed by atoms with van der Waals surface area (Å²) in [6.07, 6.45) is 0. The zero-order chi connectivity index (χ0) is 21.7. The number of para-hydroxylation sites is 1. The van der Waals surface area contributed by atoms with Crippen LogP contribution in [-0.4, -0.2) is 21.4 Å². The van der Waals surface area contributed by atoms with Crippen molar-refractivity contribution < 1.29 is 17.9 Å². The first-order valence-corrected chi connectivity index (χ1v) is 10.9. The molecule has 3 aromatic rings. The number of rotatable bonds is 7. The summed E-state index contributed by atoms with van der Waals surface area (Å²) in [5.74, 6) is -0.413. The lowest BCUT2D eigenvalue weighted by Crippen LogP contribution is -2.19. The van der Waals surface area contributed by atoms with Crippen LogP contribution in [-0.2, 0) is 21.4 Å². The van der Waals surface area contributed by atoms with Crippen LogP contribution in [0.2, 0.25) is 0 Å². The van der Waals surface area contributed by atoms with Crippen LogP contribution in [0.1, 0.15) is 27.0 Å². The second-order valence-corrected chi connectivity index (χ2v) is 8.66. The molecule has 0 saturated heterocycles. The Hall–Kier alpha value is -3.16. The minimum absolute atomic E-state index is 0.185. The van der Waals surface area contributed by atoms with Crippen LogP contribution in [0.4, 0.5) is 11.4 Å². The molecule has 30 heavy (non-hydrogen) atoms. The molecule has 1 amide bonds. The van der Waals surface area contributed by atoms with Crippen LogP contribution >= 0.6 is 0 Å². The van der Waals surface area contributed by atoms with E-state index in [1.165, 1.54) is 0 Å². The standard InChI is InChI=1S/C23H24N2O4S/c1-16-11-12-17(2)22(13-16)30(27,28)25-21-10-5-4-9-20(21)23(26)24-19-8-6-7-18(14-19)15-29-3/h4-14,25H,15H2,1-3H3,(H,24,26). The molecule has 0 saturated carbocycles. The number of anilines is 2. The number of nitrogens with one attached hydrogen (secondary N) is 2. The molecule has 0 aliphatic heterocycles. The van der Waals surface area contributed by atoms with Crippen molar-refractivity contribution in [1.82, 2.24) is 0 Å². The number of aryl methyl sites for hydroxylation is 2. The predicted molar refractivity (Wildman–Crippen MR) is 118 cm³/mol. The second kappa shape index (κ2) is 9.11. The number of hydrogen-bond acceptors (Lipinski definition) is 4. The Balaban J connectivity index is 1.88. The Labute approximate surface area is 177 Å². The monoisotopic (exact) mass is 424 g/mol.